The molecule has 0 spiro atoms. The van der Waals surface area contributed by atoms with Crippen LogP contribution in [-0.2, 0) is 6.42 Å². The van der Waals surface area contributed by atoms with Gasteiger partial charge in [-0.2, -0.15) is 0 Å². The van der Waals surface area contributed by atoms with Gasteiger partial charge in [-0.25, -0.2) is 4.39 Å². The Bertz CT molecular complexity index is 315. The van der Waals surface area contributed by atoms with Crippen molar-refractivity contribution in [2.24, 2.45) is 0 Å². The van der Waals surface area contributed by atoms with E-state index in [0.717, 1.165) is 4.90 Å². The van der Waals surface area contributed by atoms with Crippen molar-refractivity contribution < 1.29 is 14.2 Å². The van der Waals surface area contributed by atoms with Crippen molar-refractivity contribution in [3.63, 3.8) is 0 Å². The maximum atomic E-state index is 13.1. The lowest BCUT2D eigenvalue weighted by molar-refractivity contribution is 0.296. The third kappa shape index (κ3) is 2.39. The first-order valence-corrected chi connectivity index (χ1v) is 5.46. The Hall–Kier alpha value is -0.740. The molecular formula is C10H13FO2S. The number of halogens is 1. The molecule has 0 bridgehead atoms. The molecule has 0 fully saturated rings. The van der Waals surface area contributed by atoms with Gasteiger partial charge in [-0.05, 0) is 24.8 Å². The molecule has 4 heteroatoms. The van der Waals surface area contributed by atoms with Crippen LogP contribution in [-0.4, -0.2) is 25.1 Å². The highest BCUT2D eigenvalue weighted by molar-refractivity contribution is 7.98. The molecule has 78 valence electrons. The molecular weight excluding hydrogens is 203 g/mol. The summed E-state index contributed by atoms with van der Waals surface area (Å²) < 4.78 is 18.3. The molecule has 1 aromatic carbocycles. The molecule has 0 unspecified atom stereocenters. The van der Waals surface area contributed by atoms with Crippen molar-refractivity contribution in [1.29, 1.82) is 0 Å². The van der Waals surface area contributed by atoms with E-state index in [2.05, 4.69) is 0 Å². The second-order valence-electron chi connectivity index (χ2n) is 2.77. The monoisotopic (exact) mass is 216 g/mol. The van der Waals surface area contributed by atoms with Crippen molar-refractivity contribution >= 4 is 11.8 Å². The maximum absolute atomic E-state index is 13.1. The third-order valence-electron chi connectivity index (χ3n) is 1.90. The van der Waals surface area contributed by atoms with Crippen LogP contribution in [0, 0.1) is 5.82 Å². The Balaban J connectivity index is 3.17. The second kappa shape index (κ2) is 5.22. The Labute approximate surface area is 87.1 Å². The van der Waals surface area contributed by atoms with Crippen LogP contribution >= 0.6 is 11.8 Å². The van der Waals surface area contributed by atoms with Crippen LogP contribution in [0.25, 0.3) is 0 Å². The zero-order chi connectivity index (χ0) is 10.6. The fourth-order valence-corrected chi connectivity index (χ4v) is 1.94. The van der Waals surface area contributed by atoms with E-state index in [-0.39, 0.29) is 12.4 Å². The third-order valence-corrected chi connectivity index (χ3v) is 2.64. The summed E-state index contributed by atoms with van der Waals surface area (Å²) in [6.07, 6.45) is 2.27. The first-order chi connectivity index (χ1) is 6.72. The Morgan fingerprint density at radius 3 is 2.71 bits per heavy atom. The van der Waals surface area contributed by atoms with Gasteiger partial charge in [0.05, 0.1) is 12.0 Å². The predicted octanol–water partition coefficient (Wildman–Crippen LogP) is 2.09. The van der Waals surface area contributed by atoms with Crippen LogP contribution in [0.3, 0.4) is 0 Å². The minimum Gasteiger partial charge on any atom is -0.495 e. The Morgan fingerprint density at radius 1 is 1.50 bits per heavy atom. The topological polar surface area (TPSA) is 29.5 Å². The number of aliphatic hydroxyl groups excluding tert-OH is 1. The van der Waals surface area contributed by atoms with E-state index in [1.807, 2.05) is 6.26 Å². The minimum atomic E-state index is -0.293. The summed E-state index contributed by atoms with van der Waals surface area (Å²) in [7, 11) is 1.55. The van der Waals surface area contributed by atoms with E-state index in [0.29, 0.717) is 17.7 Å². The molecule has 1 rings (SSSR count). The zero-order valence-corrected chi connectivity index (χ0v) is 9.03. The molecule has 0 heterocycles. The fraction of sp³-hybridized carbons (Fsp3) is 0.400. The lowest BCUT2D eigenvalue weighted by Crippen LogP contribution is -1.98. The number of hydrogen-bond acceptors (Lipinski definition) is 3. The molecule has 0 saturated carbocycles. The molecule has 0 atom stereocenters. The molecule has 0 amide bonds. The Kier molecular flexibility index (Phi) is 4.22. The van der Waals surface area contributed by atoms with Crippen LogP contribution < -0.4 is 4.74 Å². The van der Waals surface area contributed by atoms with Gasteiger partial charge in [-0.1, -0.05) is 0 Å². The van der Waals surface area contributed by atoms with Crippen LogP contribution in [0.1, 0.15) is 5.56 Å². The molecule has 0 aliphatic rings. The maximum Gasteiger partial charge on any atom is 0.135 e. The smallest absolute Gasteiger partial charge is 0.135 e. The van der Waals surface area contributed by atoms with Crippen molar-refractivity contribution in [3.05, 3.63) is 23.5 Å². The summed E-state index contributed by atoms with van der Waals surface area (Å²) in [6.45, 7) is -0.00632. The van der Waals surface area contributed by atoms with Gasteiger partial charge in [0.25, 0.3) is 0 Å². The van der Waals surface area contributed by atoms with Crippen molar-refractivity contribution in [2.45, 2.75) is 11.3 Å². The number of ether oxygens (including phenoxy) is 1. The van der Waals surface area contributed by atoms with E-state index in [4.69, 9.17) is 9.84 Å². The van der Waals surface area contributed by atoms with Crippen molar-refractivity contribution in [2.75, 3.05) is 20.0 Å². The summed E-state index contributed by atoms with van der Waals surface area (Å²) in [5.41, 5.74) is 0.708. The molecule has 0 aliphatic heterocycles. The first kappa shape index (κ1) is 11.3. The van der Waals surface area contributed by atoms with Gasteiger partial charge >= 0.3 is 0 Å². The van der Waals surface area contributed by atoms with Crippen LogP contribution in [0.2, 0.25) is 0 Å². The summed E-state index contributed by atoms with van der Waals surface area (Å²) in [6, 6.07) is 2.83. The van der Waals surface area contributed by atoms with Crippen LogP contribution in [0.5, 0.6) is 5.75 Å². The van der Waals surface area contributed by atoms with Gasteiger partial charge in [0.15, 0.2) is 0 Å². The first-order valence-electron chi connectivity index (χ1n) is 4.24. The van der Waals surface area contributed by atoms with Crippen molar-refractivity contribution in [1.82, 2.24) is 0 Å². The molecule has 2 nitrogen and oxygen atoms in total. The highest BCUT2D eigenvalue weighted by Crippen LogP contribution is 2.32. The number of methoxy groups -OCH3 is 1. The molecule has 14 heavy (non-hydrogen) atoms. The van der Waals surface area contributed by atoms with Gasteiger partial charge in [-0.15, -0.1) is 11.8 Å². The molecule has 1 aromatic rings. The van der Waals surface area contributed by atoms with Gasteiger partial charge in [-0.3, -0.25) is 0 Å². The van der Waals surface area contributed by atoms with E-state index >= 15 is 0 Å². The van der Waals surface area contributed by atoms with Gasteiger partial charge in [0, 0.05) is 12.2 Å². The number of thioether (sulfide) groups is 1. The normalized spacial score (nSPS) is 10.3. The SMILES string of the molecule is COc1c(CCO)cc(F)cc1SC. The summed E-state index contributed by atoms with van der Waals surface area (Å²) in [5, 5.41) is 8.81. The van der Waals surface area contributed by atoms with Crippen molar-refractivity contribution in [3.8, 4) is 5.75 Å². The lowest BCUT2D eigenvalue weighted by Gasteiger charge is -2.11. The summed E-state index contributed by atoms with van der Waals surface area (Å²) >= 11 is 1.43. The molecule has 0 radical (unpaired) electrons. The number of hydrogen-bond donors (Lipinski definition) is 1. The van der Waals surface area contributed by atoms with Crippen LogP contribution in [0.15, 0.2) is 17.0 Å². The van der Waals surface area contributed by atoms with Gasteiger partial charge < -0.3 is 9.84 Å². The fourth-order valence-electron chi connectivity index (χ4n) is 1.31. The zero-order valence-electron chi connectivity index (χ0n) is 8.21. The average molecular weight is 216 g/mol. The van der Waals surface area contributed by atoms with Gasteiger partial charge in [0.1, 0.15) is 11.6 Å². The number of rotatable bonds is 4. The van der Waals surface area contributed by atoms with Gasteiger partial charge in [0.2, 0.25) is 0 Å². The van der Waals surface area contributed by atoms with E-state index in [1.165, 1.54) is 23.9 Å². The van der Waals surface area contributed by atoms with Crippen LogP contribution in [0.4, 0.5) is 4.39 Å². The number of benzene rings is 1. The van der Waals surface area contributed by atoms with E-state index < -0.39 is 0 Å². The summed E-state index contributed by atoms with van der Waals surface area (Å²) in [5.74, 6) is 0.367. The lowest BCUT2D eigenvalue weighted by atomic mass is 10.1. The van der Waals surface area contributed by atoms with E-state index in [9.17, 15) is 4.39 Å². The molecule has 1 N–H and O–H groups in total. The average Bonchev–Trinajstić information content (AvgIpc) is 2.17. The standard InChI is InChI=1S/C10H13FO2S/c1-13-10-7(3-4-12)5-8(11)6-9(10)14-2/h5-6,12H,3-4H2,1-2H3. The predicted molar refractivity (Wildman–Crippen MR) is 55.5 cm³/mol. The largest absolute Gasteiger partial charge is 0.495 e. The van der Waals surface area contributed by atoms with E-state index in [1.54, 1.807) is 7.11 Å². The highest BCUT2D eigenvalue weighted by atomic mass is 32.2. The molecule has 0 aromatic heterocycles. The summed E-state index contributed by atoms with van der Waals surface area (Å²) in [4.78, 5) is 0.760. The number of aliphatic hydroxyl groups is 1. The quantitative estimate of drug-likeness (QED) is 0.781. The minimum absolute atomic E-state index is 0.00632. The second-order valence-corrected chi connectivity index (χ2v) is 3.62. The highest BCUT2D eigenvalue weighted by Gasteiger charge is 2.10. The molecule has 0 aliphatic carbocycles. The molecule has 0 saturated heterocycles. The Morgan fingerprint density at radius 2 is 2.21 bits per heavy atom.